The molecule has 0 bridgehead atoms. The molecule has 1 amide bonds. The topological polar surface area (TPSA) is 81.2 Å². The second kappa shape index (κ2) is 9.08. The number of hydrogen-bond donors (Lipinski definition) is 2. The summed E-state index contributed by atoms with van der Waals surface area (Å²) in [5, 5.41) is 5.65. The summed E-state index contributed by atoms with van der Waals surface area (Å²) in [6.45, 7) is 1.97. The van der Waals surface area contributed by atoms with Crippen LogP contribution in [0.25, 0.3) is 0 Å². The summed E-state index contributed by atoms with van der Waals surface area (Å²) >= 11 is 0. The molecule has 2 aromatic carbocycles. The van der Waals surface area contributed by atoms with Crippen LogP contribution >= 0.6 is 0 Å². The van der Waals surface area contributed by atoms with Gasteiger partial charge in [0.15, 0.2) is 23.1 Å². The summed E-state index contributed by atoms with van der Waals surface area (Å²) in [5.74, 6) is -1.36. The highest BCUT2D eigenvalue weighted by Gasteiger charge is 2.18. The van der Waals surface area contributed by atoms with Crippen LogP contribution < -0.4 is 20.1 Å². The van der Waals surface area contributed by atoms with Crippen molar-refractivity contribution in [1.29, 1.82) is 0 Å². The quantitative estimate of drug-likeness (QED) is 0.590. The Morgan fingerprint density at radius 3 is 2.63 bits per heavy atom. The lowest BCUT2D eigenvalue weighted by Gasteiger charge is -2.19. The lowest BCUT2D eigenvalue weighted by atomic mass is 10.2. The third kappa shape index (κ3) is 4.85. The molecule has 0 aliphatic carbocycles. The molecule has 1 atom stereocenters. The number of guanidine groups is 1. The number of anilines is 1. The average Bonchev–Trinajstić information content (AvgIpc) is 3.27. The van der Waals surface area contributed by atoms with E-state index in [2.05, 4.69) is 15.6 Å². The Morgan fingerprint density at radius 2 is 1.87 bits per heavy atom. The Kier molecular flexibility index (Phi) is 6.08. The van der Waals surface area contributed by atoms with Gasteiger partial charge in [-0.25, -0.2) is 13.8 Å². The van der Waals surface area contributed by atoms with Crippen molar-refractivity contribution in [3.05, 3.63) is 53.6 Å². The third-order valence-electron chi connectivity index (χ3n) is 4.70. The number of halogens is 2. The van der Waals surface area contributed by atoms with Crippen LogP contribution in [0.1, 0.15) is 23.2 Å². The van der Waals surface area contributed by atoms with Crippen molar-refractivity contribution in [3.8, 4) is 11.5 Å². The largest absolute Gasteiger partial charge is 0.486 e. The Bertz CT molecular complexity index is 961. The first-order chi connectivity index (χ1) is 14.6. The van der Waals surface area contributed by atoms with Gasteiger partial charge in [0.1, 0.15) is 13.2 Å². The van der Waals surface area contributed by atoms with Gasteiger partial charge >= 0.3 is 0 Å². The van der Waals surface area contributed by atoms with E-state index in [1.165, 1.54) is 6.07 Å². The number of aliphatic imine (C=N–C) groups is 1. The number of hydrogen-bond acceptors (Lipinski definition) is 5. The number of carbonyl (C=O) groups is 1. The number of nitrogens with zero attached hydrogens (tertiary/aromatic N) is 1. The molecule has 2 aromatic rings. The molecule has 0 radical (unpaired) electrons. The maximum atomic E-state index is 13.5. The minimum Gasteiger partial charge on any atom is -0.486 e. The van der Waals surface area contributed by atoms with E-state index in [1.54, 1.807) is 18.2 Å². The van der Waals surface area contributed by atoms with Gasteiger partial charge in [0, 0.05) is 23.9 Å². The Hall–Kier alpha value is -3.20. The van der Waals surface area contributed by atoms with E-state index >= 15 is 0 Å². The molecule has 9 heteroatoms. The first kappa shape index (κ1) is 20.1. The van der Waals surface area contributed by atoms with Gasteiger partial charge in [-0.1, -0.05) is 0 Å². The highest BCUT2D eigenvalue weighted by atomic mass is 19.2. The van der Waals surface area contributed by atoms with Crippen LogP contribution in [0.4, 0.5) is 14.5 Å². The molecule has 2 aliphatic rings. The molecule has 0 unspecified atom stereocenters. The Morgan fingerprint density at radius 1 is 1.03 bits per heavy atom. The molecule has 0 spiro atoms. The van der Waals surface area contributed by atoms with Gasteiger partial charge < -0.3 is 19.5 Å². The summed E-state index contributed by atoms with van der Waals surface area (Å²) in [4.78, 5) is 17.0. The van der Waals surface area contributed by atoms with Gasteiger partial charge in [0.2, 0.25) is 5.96 Å². The van der Waals surface area contributed by atoms with Crippen molar-refractivity contribution in [3.63, 3.8) is 0 Å². The summed E-state index contributed by atoms with van der Waals surface area (Å²) in [5.41, 5.74) is 0.596. The molecular weight excluding hydrogens is 396 g/mol. The van der Waals surface area contributed by atoms with Crippen molar-refractivity contribution in [2.24, 2.45) is 4.99 Å². The first-order valence-electron chi connectivity index (χ1n) is 9.67. The van der Waals surface area contributed by atoms with E-state index in [0.717, 1.165) is 25.0 Å². The lowest BCUT2D eigenvalue weighted by Crippen LogP contribution is -2.37. The van der Waals surface area contributed by atoms with Gasteiger partial charge in [-0.2, -0.15) is 0 Å². The highest BCUT2D eigenvalue weighted by Crippen LogP contribution is 2.32. The van der Waals surface area contributed by atoms with Crippen LogP contribution in [0.2, 0.25) is 0 Å². The molecule has 0 saturated carbocycles. The second-order valence-electron chi connectivity index (χ2n) is 6.89. The Balaban J connectivity index is 1.52. The standard InChI is InChI=1S/C21H21F2N3O4/c22-16-5-3-13(10-17(16)23)20(27)26-21(24-12-15-2-1-7-28-15)25-14-4-6-18-19(11-14)30-9-8-29-18/h3-6,10-11,15H,1-2,7-9,12H2,(H2,24,25,26,27)/t15-/m1/s1. The SMILES string of the molecule is O=C(NC(=NC[C@H]1CCCO1)Nc1ccc2c(c1)OCCO2)c1ccc(F)c(F)c1. The van der Waals surface area contributed by atoms with Crippen LogP contribution in [-0.2, 0) is 4.74 Å². The molecule has 2 aliphatic heterocycles. The number of benzene rings is 2. The zero-order valence-electron chi connectivity index (χ0n) is 16.1. The predicted octanol–water partition coefficient (Wildman–Crippen LogP) is 3.11. The number of ether oxygens (including phenoxy) is 3. The maximum absolute atomic E-state index is 13.5. The molecule has 7 nitrogen and oxygen atoms in total. The van der Waals surface area contributed by atoms with Crippen molar-refractivity contribution in [1.82, 2.24) is 5.32 Å². The van der Waals surface area contributed by atoms with Crippen molar-refractivity contribution < 1.29 is 27.8 Å². The molecule has 0 aromatic heterocycles. The van der Waals surface area contributed by atoms with E-state index in [0.29, 0.717) is 43.6 Å². The number of fused-ring (bicyclic) bond motifs is 1. The minimum absolute atomic E-state index is 0.0253. The van der Waals surface area contributed by atoms with Crippen LogP contribution in [0, 0.1) is 11.6 Å². The molecule has 1 fully saturated rings. The smallest absolute Gasteiger partial charge is 0.258 e. The number of rotatable bonds is 4. The van der Waals surface area contributed by atoms with Crippen molar-refractivity contribution in [2.75, 3.05) is 31.7 Å². The van der Waals surface area contributed by atoms with Gasteiger partial charge in [0.05, 0.1) is 12.6 Å². The molecule has 30 heavy (non-hydrogen) atoms. The molecule has 2 N–H and O–H groups in total. The number of amides is 1. The monoisotopic (exact) mass is 417 g/mol. The summed E-state index contributed by atoms with van der Waals surface area (Å²) in [6.07, 6.45) is 1.83. The van der Waals surface area contributed by atoms with Crippen LogP contribution in [-0.4, -0.2) is 44.3 Å². The fraction of sp³-hybridized carbons (Fsp3) is 0.333. The van der Waals surface area contributed by atoms with E-state index in [9.17, 15) is 13.6 Å². The fourth-order valence-electron chi connectivity index (χ4n) is 3.17. The van der Waals surface area contributed by atoms with Crippen LogP contribution in [0.3, 0.4) is 0 Å². The van der Waals surface area contributed by atoms with Crippen LogP contribution in [0.5, 0.6) is 11.5 Å². The molecule has 158 valence electrons. The third-order valence-corrected chi connectivity index (χ3v) is 4.70. The average molecular weight is 417 g/mol. The highest BCUT2D eigenvalue weighted by molar-refractivity contribution is 6.10. The summed E-state index contributed by atoms with van der Waals surface area (Å²) < 4.78 is 43.3. The first-order valence-corrected chi connectivity index (χ1v) is 9.67. The van der Waals surface area contributed by atoms with E-state index in [4.69, 9.17) is 14.2 Å². The number of nitrogens with one attached hydrogen (secondary N) is 2. The lowest BCUT2D eigenvalue weighted by molar-refractivity contribution is 0.0975. The zero-order chi connectivity index (χ0) is 20.9. The van der Waals surface area contributed by atoms with E-state index in [-0.39, 0.29) is 17.6 Å². The Labute approximate surface area is 172 Å². The van der Waals surface area contributed by atoms with Crippen LogP contribution in [0.15, 0.2) is 41.4 Å². The zero-order valence-corrected chi connectivity index (χ0v) is 16.1. The molecule has 1 saturated heterocycles. The van der Waals surface area contributed by atoms with E-state index < -0.39 is 17.5 Å². The maximum Gasteiger partial charge on any atom is 0.258 e. The van der Waals surface area contributed by atoms with Crippen molar-refractivity contribution >= 4 is 17.6 Å². The number of carbonyl (C=O) groups excluding carboxylic acids is 1. The molecule has 2 heterocycles. The second-order valence-corrected chi connectivity index (χ2v) is 6.89. The molecule has 4 rings (SSSR count). The van der Waals surface area contributed by atoms with Gasteiger partial charge in [-0.15, -0.1) is 0 Å². The van der Waals surface area contributed by atoms with Gasteiger partial charge in [-0.05, 0) is 43.2 Å². The van der Waals surface area contributed by atoms with E-state index in [1.807, 2.05) is 0 Å². The van der Waals surface area contributed by atoms with Gasteiger partial charge in [-0.3, -0.25) is 10.1 Å². The molecular formula is C21H21F2N3O4. The normalized spacial score (nSPS) is 18.2. The summed E-state index contributed by atoms with van der Waals surface area (Å²) in [6, 6.07) is 8.20. The summed E-state index contributed by atoms with van der Waals surface area (Å²) in [7, 11) is 0. The van der Waals surface area contributed by atoms with Crippen molar-refractivity contribution in [2.45, 2.75) is 18.9 Å². The predicted molar refractivity (Wildman–Crippen MR) is 106 cm³/mol. The fourth-order valence-corrected chi connectivity index (χ4v) is 3.17. The van der Waals surface area contributed by atoms with Gasteiger partial charge in [0.25, 0.3) is 5.91 Å². The minimum atomic E-state index is -1.10.